The topological polar surface area (TPSA) is 56.0 Å². The monoisotopic (exact) mass is 232 g/mol. The van der Waals surface area contributed by atoms with Gasteiger partial charge in [0.25, 0.3) is 5.91 Å². The number of hydrogen-bond donors (Lipinski definition) is 1. The van der Waals surface area contributed by atoms with Gasteiger partial charge in [-0.1, -0.05) is 29.8 Å². The smallest absolute Gasteiger partial charge is 0.260 e. The molecule has 0 atom stereocenters. The Bertz CT molecular complexity index is 528. The van der Waals surface area contributed by atoms with Gasteiger partial charge in [-0.3, -0.25) is 4.79 Å². The zero-order valence-electron chi connectivity index (χ0n) is 9.15. The van der Waals surface area contributed by atoms with E-state index in [1.54, 1.807) is 6.92 Å². The van der Waals surface area contributed by atoms with Crippen LogP contribution in [0.1, 0.15) is 20.9 Å². The maximum absolute atomic E-state index is 11.1. The number of carbonyl (C=O) groups is 1. The van der Waals surface area contributed by atoms with Gasteiger partial charge in [-0.25, -0.2) is 4.98 Å². The molecule has 0 saturated carbocycles. The lowest BCUT2D eigenvalue weighted by Gasteiger charge is -1.96. The van der Waals surface area contributed by atoms with Crippen LogP contribution in [0.4, 0.5) is 0 Å². The number of primary amides is 1. The molecule has 0 aliphatic carbocycles. The number of amides is 1. The van der Waals surface area contributed by atoms with Gasteiger partial charge in [0.05, 0.1) is 5.69 Å². The minimum atomic E-state index is -0.409. The normalized spacial score (nSPS) is 10.4. The van der Waals surface area contributed by atoms with Crippen molar-refractivity contribution in [3.05, 3.63) is 40.4 Å². The maximum atomic E-state index is 11.1. The Kier molecular flexibility index (Phi) is 2.75. The molecule has 2 rings (SSSR count). The molecule has 0 unspecified atom stereocenters. The summed E-state index contributed by atoms with van der Waals surface area (Å²) in [6.45, 7) is 3.83. The van der Waals surface area contributed by atoms with E-state index < -0.39 is 5.91 Å². The molecule has 0 bridgehead atoms. The molecule has 2 N–H and O–H groups in total. The fourth-order valence-electron chi connectivity index (χ4n) is 1.44. The molecular weight excluding hydrogens is 220 g/mol. The van der Waals surface area contributed by atoms with E-state index in [1.807, 2.05) is 31.2 Å². The largest absolute Gasteiger partial charge is 0.365 e. The molecule has 0 radical (unpaired) electrons. The molecule has 82 valence electrons. The van der Waals surface area contributed by atoms with Gasteiger partial charge < -0.3 is 5.73 Å². The van der Waals surface area contributed by atoms with E-state index in [-0.39, 0.29) is 0 Å². The van der Waals surface area contributed by atoms with Crippen LogP contribution in [0.15, 0.2) is 24.3 Å². The van der Waals surface area contributed by atoms with Crippen molar-refractivity contribution in [1.29, 1.82) is 0 Å². The van der Waals surface area contributed by atoms with Gasteiger partial charge in [0, 0.05) is 5.56 Å². The zero-order valence-corrected chi connectivity index (χ0v) is 9.97. The lowest BCUT2D eigenvalue weighted by Crippen LogP contribution is -2.09. The number of nitrogens with zero attached hydrogens (tertiary/aromatic N) is 1. The van der Waals surface area contributed by atoms with E-state index in [0.29, 0.717) is 10.6 Å². The van der Waals surface area contributed by atoms with Crippen LogP contribution in [0.5, 0.6) is 0 Å². The van der Waals surface area contributed by atoms with E-state index in [1.165, 1.54) is 16.9 Å². The highest BCUT2D eigenvalue weighted by Gasteiger charge is 2.12. The average Bonchev–Trinajstić information content (AvgIpc) is 2.61. The summed E-state index contributed by atoms with van der Waals surface area (Å²) < 4.78 is 0. The molecule has 0 saturated heterocycles. The van der Waals surface area contributed by atoms with E-state index >= 15 is 0 Å². The summed E-state index contributed by atoms with van der Waals surface area (Å²) in [5, 5.41) is 0.839. The zero-order chi connectivity index (χ0) is 11.7. The lowest BCUT2D eigenvalue weighted by atomic mass is 10.2. The Morgan fingerprint density at radius 1 is 1.25 bits per heavy atom. The summed E-state index contributed by atoms with van der Waals surface area (Å²) >= 11 is 1.34. The Balaban J connectivity index is 2.45. The van der Waals surface area contributed by atoms with Crippen LogP contribution < -0.4 is 5.73 Å². The van der Waals surface area contributed by atoms with Crippen molar-refractivity contribution < 1.29 is 4.79 Å². The third-order valence-corrected chi connectivity index (χ3v) is 3.54. The van der Waals surface area contributed by atoms with Crippen molar-refractivity contribution in [3.63, 3.8) is 0 Å². The van der Waals surface area contributed by atoms with Gasteiger partial charge in [0.15, 0.2) is 0 Å². The van der Waals surface area contributed by atoms with Crippen molar-refractivity contribution in [3.8, 4) is 10.6 Å². The Morgan fingerprint density at radius 3 is 2.38 bits per heavy atom. The van der Waals surface area contributed by atoms with Gasteiger partial charge in [-0.2, -0.15) is 0 Å². The van der Waals surface area contributed by atoms with Gasteiger partial charge in [-0.05, 0) is 13.8 Å². The van der Waals surface area contributed by atoms with E-state index in [2.05, 4.69) is 4.98 Å². The van der Waals surface area contributed by atoms with Crippen LogP contribution in [0.2, 0.25) is 0 Å². The van der Waals surface area contributed by atoms with Gasteiger partial charge in [0.1, 0.15) is 9.88 Å². The Labute approximate surface area is 97.9 Å². The fourth-order valence-corrected chi connectivity index (χ4v) is 2.37. The molecule has 0 fully saturated rings. The van der Waals surface area contributed by atoms with E-state index in [9.17, 15) is 4.79 Å². The summed E-state index contributed by atoms with van der Waals surface area (Å²) in [5.41, 5.74) is 8.18. The quantitative estimate of drug-likeness (QED) is 0.865. The summed E-state index contributed by atoms with van der Waals surface area (Å²) in [7, 11) is 0. The predicted molar refractivity (Wildman–Crippen MR) is 65.5 cm³/mol. The standard InChI is InChI=1S/C12H12N2OS/c1-7-3-5-9(6-4-7)12-14-8(2)10(16-12)11(13)15/h3-6H,1-2H3,(H2,13,15). The second-order valence-electron chi connectivity index (χ2n) is 3.66. The first-order chi connectivity index (χ1) is 7.58. The first-order valence-corrected chi connectivity index (χ1v) is 5.74. The van der Waals surface area contributed by atoms with Crippen molar-refractivity contribution in [2.45, 2.75) is 13.8 Å². The van der Waals surface area contributed by atoms with Gasteiger partial charge in [0.2, 0.25) is 0 Å². The number of nitrogens with two attached hydrogens (primary N) is 1. The predicted octanol–water partition coefficient (Wildman–Crippen LogP) is 2.53. The first kappa shape index (κ1) is 10.8. The minimum absolute atomic E-state index is 0.409. The highest BCUT2D eigenvalue weighted by molar-refractivity contribution is 7.17. The molecule has 16 heavy (non-hydrogen) atoms. The molecule has 1 amide bonds. The van der Waals surface area contributed by atoms with Crippen LogP contribution >= 0.6 is 11.3 Å². The average molecular weight is 232 g/mol. The molecule has 0 aliphatic heterocycles. The fraction of sp³-hybridized carbons (Fsp3) is 0.167. The highest BCUT2D eigenvalue weighted by Crippen LogP contribution is 2.27. The van der Waals surface area contributed by atoms with Crippen LogP contribution in [0, 0.1) is 13.8 Å². The molecular formula is C12H12N2OS. The SMILES string of the molecule is Cc1ccc(-c2nc(C)c(C(N)=O)s2)cc1. The third kappa shape index (κ3) is 1.97. The van der Waals surface area contributed by atoms with Crippen LogP contribution in [0.3, 0.4) is 0 Å². The van der Waals surface area contributed by atoms with E-state index in [0.717, 1.165) is 10.6 Å². The second-order valence-corrected chi connectivity index (χ2v) is 4.66. The molecule has 1 aromatic heterocycles. The summed E-state index contributed by atoms with van der Waals surface area (Å²) in [4.78, 5) is 16.0. The van der Waals surface area contributed by atoms with Crippen LogP contribution in [-0.4, -0.2) is 10.9 Å². The Hall–Kier alpha value is -1.68. The Morgan fingerprint density at radius 2 is 1.88 bits per heavy atom. The number of aryl methyl sites for hydroxylation is 2. The molecule has 1 heterocycles. The van der Waals surface area contributed by atoms with Crippen LogP contribution in [-0.2, 0) is 0 Å². The summed E-state index contributed by atoms with van der Waals surface area (Å²) in [6.07, 6.45) is 0. The molecule has 0 aliphatic rings. The third-order valence-electron chi connectivity index (χ3n) is 2.32. The molecule has 1 aromatic carbocycles. The van der Waals surface area contributed by atoms with Gasteiger partial charge in [-0.15, -0.1) is 11.3 Å². The molecule has 0 spiro atoms. The molecule has 3 nitrogen and oxygen atoms in total. The van der Waals surface area contributed by atoms with Crippen molar-refractivity contribution >= 4 is 17.2 Å². The lowest BCUT2D eigenvalue weighted by molar-refractivity contribution is 0.100. The number of carbonyl (C=O) groups excluding carboxylic acids is 1. The first-order valence-electron chi connectivity index (χ1n) is 4.92. The molecule has 2 aromatic rings. The van der Waals surface area contributed by atoms with Crippen molar-refractivity contribution in [2.75, 3.05) is 0 Å². The number of thiazole rings is 1. The number of benzene rings is 1. The number of aromatic nitrogens is 1. The highest BCUT2D eigenvalue weighted by atomic mass is 32.1. The summed E-state index contributed by atoms with van der Waals surface area (Å²) in [5.74, 6) is -0.409. The number of hydrogen-bond acceptors (Lipinski definition) is 3. The second kappa shape index (κ2) is 4.06. The van der Waals surface area contributed by atoms with E-state index in [4.69, 9.17) is 5.73 Å². The summed E-state index contributed by atoms with van der Waals surface area (Å²) in [6, 6.07) is 8.04. The van der Waals surface area contributed by atoms with Crippen LogP contribution in [0.25, 0.3) is 10.6 Å². The van der Waals surface area contributed by atoms with Gasteiger partial charge >= 0.3 is 0 Å². The molecule has 4 heteroatoms. The van der Waals surface area contributed by atoms with Crippen molar-refractivity contribution in [1.82, 2.24) is 4.98 Å². The number of rotatable bonds is 2. The minimum Gasteiger partial charge on any atom is -0.365 e. The van der Waals surface area contributed by atoms with Crippen molar-refractivity contribution in [2.24, 2.45) is 5.73 Å². The maximum Gasteiger partial charge on any atom is 0.260 e.